The first-order valence-corrected chi connectivity index (χ1v) is 2.48. The van der Waals surface area contributed by atoms with Crippen LogP contribution in [0.1, 0.15) is 0 Å². The molecule has 0 aliphatic carbocycles. The van der Waals surface area contributed by atoms with Crippen LogP contribution in [0.5, 0.6) is 0 Å². The summed E-state index contributed by atoms with van der Waals surface area (Å²) in [7, 11) is 0. The van der Waals surface area contributed by atoms with Crippen molar-refractivity contribution in [3.05, 3.63) is 35.4 Å². The van der Waals surface area contributed by atoms with Crippen molar-refractivity contribution in [2.75, 3.05) is 0 Å². The molecule has 2 heteroatoms. The minimum atomic E-state index is 0. The fourth-order valence-corrected chi connectivity index (χ4v) is 0.560. The Labute approximate surface area is 66.6 Å². The Morgan fingerprint density at radius 2 is 1.50 bits per heavy atom. The molecule has 0 radical (unpaired) electrons. The summed E-state index contributed by atoms with van der Waals surface area (Å²) in [6, 6.07) is 9.44. The number of hydrogen-bond donors (Lipinski definition) is 0. The zero-order chi connectivity index (χ0) is 5.11. The maximum atomic E-state index is 5.54. The summed E-state index contributed by atoms with van der Waals surface area (Å²) in [4.78, 5) is 0. The predicted molar refractivity (Wildman–Crippen MR) is 31.5 cm³/mol. The third kappa shape index (κ3) is 2.44. The summed E-state index contributed by atoms with van der Waals surface area (Å²) < 4.78 is 0. The van der Waals surface area contributed by atoms with E-state index in [-0.39, 0.29) is 19.5 Å². The summed E-state index contributed by atoms with van der Waals surface area (Å²) >= 11 is 5.54. The van der Waals surface area contributed by atoms with Gasteiger partial charge in [-0.05, 0) is 12.1 Å². The first kappa shape index (κ1) is 8.13. The average molecular weight is 178 g/mol. The molecule has 0 aliphatic rings. The molecule has 0 heterocycles. The van der Waals surface area contributed by atoms with Gasteiger partial charge in [0.1, 0.15) is 0 Å². The topological polar surface area (TPSA) is 0 Å². The van der Waals surface area contributed by atoms with Crippen LogP contribution in [0.25, 0.3) is 0 Å². The van der Waals surface area contributed by atoms with E-state index in [1.165, 1.54) is 0 Å². The van der Waals surface area contributed by atoms with Crippen molar-refractivity contribution >= 4 is 11.6 Å². The average Bonchev–Trinajstić information content (AvgIpc) is 1.69. The van der Waals surface area contributed by atoms with Crippen molar-refractivity contribution < 1.29 is 19.5 Å². The Morgan fingerprint density at radius 3 is 1.75 bits per heavy atom. The Morgan fingerprint density at radius 1 is 1.00 bits per heavy atom. The van der Waals surface area contributed by atoms with Crippen molar-refractivity contribution in [3.8, 4) is 0 Å². The van der Waals surface area contributed by atoms with Crippen LogP contribution < -0.4 is 0 Å². The smallest absolute Gasteiger partial charge is 0.0405 e. The molecule has 1 rings (SSSR count). The monoisotopic (exact) mass is 176 g/mol. The zero-order valence-electron chi connectivity index (χ0n) is 4.47. The SMILES string of the molecule is Clc1ccccc1.[Zn]. The van der Waals surface area contributed by atoms with E-state index in [2.05, 4.69) is 0 Å². The molecule has 0 N–H and O–H groups in total. The Bertz CT molecular complexity index is 138. The summed E-state index contributed by atoms with van der Waals surface area (Å²) in [5, 5.41) is 0.794. The molecule has 0 saturated heterocycles. The maximum Gasteiger partial charge on any atom is 0.0405 e. The number of halogens is 1. The second-order valence-corrected chi connectivity index (χ2v) is 1.73. The molecule has 8 heavy (non-hydrogen) atoms. The van der Waals surface area contributed by atoms with E-state index in [1.807, 2.05) is 30.3 Å². The van der Waals surface area contributed by atoms with Gasteiger partial charge in [-0.2, -0.15) is 0 Å². The van der Waals surface area contributed by atoms with Crippen LogP contribution >= 0.6 is 11.6 Å². The Kier molecular flexibility index (Phi) is 4.12. The Balaban J connectivity index is 0.000000490. The summed E-state index contributed by atoms with van der Waals surface area (Å²) in [6.45, 7) is 0. The standard InChI is InChI=1S/C6H5Cl.Zn/c7-6-4-2-1-3-5-6;/h1-5H;. The summed E-state index contributed by atoms with van der Waals surface area (Å²) in [5.41, 5.74) is 0. The largest absolute Gasteiger partial charge is 0.0843 e. The molecule has 0 atom stereocenters. The van der Waals surface area contributed by atoms with Gasteiger partial charge in [-0.15, -0.1) is 0 Å². The van der Waals surface area contributed by atoms with E-state index in [9.17, 15) is 0 Å². The van der Waals surface area contributed by atoms with Gasteiger partial charge in [-0.3, -0.25) is 0 Å². The van der Waals surface area contributed by atoms with Gasteiger partial charge in [0.05, 0.1) is 0 Å². The first-order valence-electron chi connectivity index (χ1n) is 2.10. The molecule has 0 spiro atoms. The van der Waals surface area contributed by atoms with E-state index < -0.39 is 0 Å². The summed E-state index contributed by atoms with van der Waals surface area (Å²) in [6.07, 6.45) is 0. The molecule has 0 unspecified atom stereocenters. The van der Waals surface area contributed by atoms with Crippen LogP contribution in [0.15, 0.2) is 30.3 Å². The van der Waals surface area contributed by atoms with Crippen LogP contribution in [0.3, 0.4) is 0 Å². The quantitative estimate of drug-likeness (QED) is 0.534. The van der Waals surface area contributed by atoms with Crippen LogP contribution in [0, 0.1) is 0 Å². The molecule has 0 aliphatic heterocycles. The molecule has 0 aromatic heterocycles. The van der Waals surface area contributed by atoms with Gasteiger partial charge >= 0.3 is 0 Å². The van der Waals surface area contributed by atoms with E-state index in [0.717, 1.165) is 5.02 Å². The minimum Gasteiger partial charge on any atom is -0.0843 e. The molecule has 38 valence electrons. The molecule has 0 nitrogen and oxygen atoms in total. The first-order chi connectivity index (χ1) is 3.39. The van der Waals surface area contributed by atoms with E-state index >= 15 is 0 Å². The molecule has 0 amide bonds. The fraction of sp³-hybridized carbons (Fsp3) is 0. The number of hydrogen-bond acceptors (Lipinski definition) is 0. The molecule has 0 saturated carbocycles. The second-order valence-electron chi connectivity index (χ2n) is 1.30. The van der Waals surface area contributed by atoms with Crippen LogP contribution in [0.4, 0.5) is 0 Å². The van der Waals surface area contributed by atoms with Crippen LogP contribution in [-0.4, -0.2) is 0 Å². The van der Waals surface area contributed by atoms with E-state index in [4.69, 9.17) is 11.6 Å². The molecule has 0 bridgehead atoms. The Hall–Kier alpha value is 0.133. The van der Waals surface area contributed by atoms with Gasteiger partial charge in [-0.25, -0.2) is 0 Å². The van der Waals surface area contributed by atoms with Gasteiger partial charge in [-0.1, -0.05) is 29.8 Å². The third-order valence-corrected chi connectivity index (χ3v) is 0.985. The molecule has 0 fully saturated rings. The van der Waals surface area contributed by atoms with Gasteiger partial charge in [0.2, 0.25) is 0 Å². The predicted octanol–water partition coefficient (Wildman–Crippen LogP) is 2.34. The van der Waals surface area contributed by atoms with Crippen LogP contribution in [0.2, 0.25) is 5.02 Å². The zero-order valence-corrected chi connectivity index (χ0v) is 8.19. The molecular formula is C6H5ClZn. The van der Waals surface area contributed by atoms with Crippen molar-refractivity contribution in [3.63, 3.8) is 0 Å². The minimum absolute atomic E-state index is 0. The molecule has 1 aromatic carbocycles. The maximum absolute atomic E-state index is 5.54. The second kappa shape index (κ2) is 4.06. The van der Waals surface area contributed by atoms with Crippen molar-refractivity contribution in [1.29, 1.82) is 0 Å². The van der Waals surface area contributed by atoms with Gasteiger partial charge in [0.15, 0.2) is 0 Å². The van der Waals surface area contributed by atoms with Gasteiger partial charge in [0.25, 0.3) is 0 Å². The summed E-state index contributed by atoms with van der Waals surface area (Å²) in [5.74, 6) is 0. The van der Waals surface area contributed by atoms with Crippen LogP contribution in [-0.2, 0) is 19.5 Å². The van der Waals surface area contributed by atoms with E-state index in [1.54, 1.807) is 0 Å². The number of benzene rings is 1. The molecule has 1 aromatic rings. The van der Waals surface area contributed by atoms with Crippen molar-refractivity contribution in [2.24, 2.45) is 0 Å². The van der Waals surface area contributed by atoms with Gasteiger partial charge < -0.3 is 0 Å². The van der Waals surface area contributed by atoms with Crippen molar-refractivity contribution in [1.82, 2.24) is 0 Å². The third-order valence-electron chi connectivity index (χ3n) is 0.733. The van der Waals surface area contributed by atoms with Gasteiger partial charge in [0, 0.05) is 24.5 Å². The van der Waals surface area contributed by atoms with Crippen molar-refractivity contribution in [2.45, 2.75) is 0 Å². The normalized spacial score (nSPS) is 7.62. The van der Waals surface area contributed by atoms with E-state index in [0.29, 0.717) is 0 Å². The molecular weight excluding hydrogens is 173 g/mol. The fourth-order valence-electron chi connectivity index (χ4n) is 0.415. The number of rotatable bonds is 0.